The number of nitrogens with zero attached hydrogens (tertiary/aromatic N) is 2. The highest BCUT2D eigenvalue weighted by Gasteiger charge is 2.16. The second-order valence-corrected chi connectivity index (χ2v) is 5.32. The quantitative estimate of drug-likeness (QED) is 0.700. The third-order valence-corrected chi connectivity index (χ3v) is 3.17. The predicted molar refractivity (Wildman–Crippen MR) is 88.8 cm³/mol. The lowest BCUT2D eigenvalue weighted by Gasteiger charge is -2.12. The van der Waals surface area contributed by atoms with Crippen molar-refractivity contribution in [3.8, 4) is 17.1 Å². The first kappa shape index (κ1) is 18.8. The molecule has 0 aliphatic carbocycles. The molecule has 2 N–H and O–H groups in total. The summed E-state index contributed by atoms with van der Waals surface area (Å²) in [7, 11) is 1.55. The van der Waals surface area contributed by atoms with Gasteiger partial charge in [0.25, 0.3) is 5.91 Å². The zero-order valence-electron chi connectivity index (χ0n) is 14.0. The van der Waals surface area contributed by atoms with Crippen LogP contribution in [0.1, 0.15) is 17.4 Å². The van der Waals surface area contributed by atoms with Gasteiger partial charge in [-0.15, -0.1) is 0 Å². The predicted octanol–water partition coefficient (Wildman–Crippen LogP) is 1.42. The summed E-state index contributed by atoms with van der Waals surface area (Å²) in [4.78, 5) is 20.5. The third-order valence-electron chi connectivity index (χ3n) is 3.17. The van der Waals surface area contributed by atoms with E-state index in [0.29, 0.717) is 17.9 Å². The van der Waals surface area contributed by atoms with Gasteiger partial charge < -0.3 is 19.9 Å². The molecule has 0 bridgehead atoms. The van der Waals surface area contributed by atoms with E-state index < -0.39 is 12.0 Å². The first-order valence-corrected chi connectivity index (χ1v) is 7.72. The molecule has 2 rings (SSSR count). The number of benzene rings is 1. The highest BCUT2D eigenvalue weighted by atomic mass is 19.1. The number of nitrogens with one attached hydrogen (secondary N) is 1. The summed E-state index contributed by atoms with van der Waals surface area (Å²) >= 11 is 0. The van der Waals surface area contributed by atoms with Gasteiger partial charge >= 0.3 is 0 Å². The van der Waals surface area contributed by atoms with Crippen LogP contribution in [0.5, 0.6) is 5.88 Å². The number of halogens is 1. The molecular weight excluding hydrogens is 329 g/mol. The van der Waals surface area contributed by atoms with Crippen LogP contribution in [-0.2, 0) is 4.74 Å². The van der Waals surface area contributed by atoms with Gasteiger partial charge in [0.15, 0.2) is 0 Å². The molecular formula is C17H20FN3O4. The number of aliphatic hydroxyl groups excluding tert-OH is 1. The Morgan fingerprint density at radius 1 is 1.32 bits per heavy atom. The highest BCUT2D eigenvalue weighted by Crippen LogP contribution is 2.26. The topological polar surface area (TPSA) is 93.6 Å². The van der Waals surface area contributed by atoms with Crippen molar-refractivity contribution in [2.24, 2.45) is 0 Å². The Morgan fingerprint density at radius 3 is 2.68 bits per heavy atom. The van der Waals surface area contributed by atoms with E-state index in [1.165, 1.54) is 30.5 Å². The Hall–Kier alpha value is -2.58. The van der Waals surface area contributed by atoms with Gasteiger partial charge in [0.05, 0.1) is 18.9 Å². The molecule has 0 saturated carbocycles. The number of aromatic nitrogens is 2. The molecule has 1 unspecified atom stereocenters. The van der Waals surface area contributed by atoms with E-state index in [2.05, 4.69) is 15.3 Å². The summed E-state index contributed by atoms with van der Waals surface area (Å²) in [6.45, 7) is 2.27. The third kappa shape index (κ3) is 5.47. The Bertz CT molecular complexity index is 708. The maximum atomic E-state index is 13.2. The first-order valence-electron chi connectivity index (χ1n) is 7.72. The van der Waals surface area contributed by atoms with Gasteiger partial charge in [-0.05, 0) is 31.2 Å². The summed E-state index contributed by atoms with van der Waals surface area (Å²) < 4.78 is 23.6. The molecule has 7 nitrogen and oxygen atoms in total. The van der Waals surface area contributed by atoms with Crippen molar-refractivity contribution in [1.82, 2.24) is 15.3 Å². The molecule has 25 heavy (non-hydrogen) atoms. The Kier molecular flexibility index (Phi) is 6.79. The van der Waals surface area contributed by atoms with E-state index >= 15 is 0 Å². The lowest BCUT2D eigenvalue weighted by molar-refractivity contribution is 0.0918. The van der Waals surface area contributed by atoms with Gasteiger partial charge in [0.1, 0.15) is 23.8 Å². The average molecular weight is 349 g/mol. The van der Waals surface area contributed by atoms with E-state index in [1.54, 1.807) is 14.0 Å². The van der Waals surface area contributed by atoms with Crippen molar-refractivity contribution in [3.63, 3.8) is 0 Å². The van der Waals surface area contributed by atoms with E-state index in [1.807, 2.05) is 0 Å². The van der Waals surface area contributed by atoms with Crippen LogP contribution in [-0.4, -0.2) is 54.0 Å². The van der Waals surface area contributed by atoms with E-state index in [0.717, 1.165) is 0 Å². The molecule has 2 aromatic rings. The molecule has 0 saturated heterocycles. The molecule has 1 aromatic carbocycles. The Labute approximate surface area is 144 Å². The molecule has 8 heteroatoms. The minimum atomic E-state index is -0.676. The van der Waals surface area contributed by atoms with Crippen molar-refractivity contribution >= 4 is 5.91 Å². The minimum Gasteiger partial charge on any atom is -0.474 e. The molecule has 1 heterocycles. The van der Waals surface area contributed by atoms with Gasteiger partial charge in [0.2, 0.25) is 5.88 Å². The summed E-state index contributed by atoms with van der Waals surface area (Å²) in [5, 5.41) is 11.8. The Balaban J connectivity index is 2.31. The maximum Gasteiger partial charge on any atom is 0.271 e. The smallest absolute Gasteiger partial charge is 0.271 e. The summed E-state index contributed by atoms with van der Waals surface area (Å²) in [6, 6.07) is 5.63. The maximum absolute atomic E-state index is 13.2. The molecule has 0 aliphatic rings. The van der Waals surface area contributed by atoms with Gasteiger partial charge in [-0.25, -0.2) is 14.4 Å². The summed E-state index contributed by atoms with van der Waals surface area (Å²) in [5.41, 5.74) is 0.950. The van der Waals surface area contributed by atoms with Gasteiger partial charge in [-0.3, -0.25) is 4.79 Å². The number of carbonyl (C=O) groups excluding carboxylic acids is 1. The van der Waals surface area contributed by atoms with Crippen molar-refractivity contribution in [2.45, 2.75) is 13.0 Å². The fourth-order valence-electron chi connectivity index (χ4n) is 1.94. The minimum absolute atomic E-state index is 0.0686. The lowest BCUT2D eigenvalue weighted by Crippen LogP contribution is -2.31. The average Bonchev–Trinajstić information content (AvgIpc) is 2.61. The fraction of sp³-hybridized carbons (Fsp3) is 0.353. The fourth-order valence-corrected chi connectivity index (χ4v) is 1.94. The van der Waals surface area contributed by atoms with E-state index in [9.17, 15) is 14.3 Å². The number of hydrogen-bond donors (Lipinski definition) is 2. The summed E-state index contributed by atoms with van der Waals surface area (Å²) in [5.74, 6) is -0.639. The van der Waals surface area contributed by atoms with Crippen LogP contribution in [0.25, 0.3) is 11.3 Å². The van der Waals surface area contributed by atoms with Crippen LogP contribution in [0.2, 0.25) is 0 Å². The number of carbonyl (C=O) groups is 1. The first-order chi connectivity index (χ1) is 12.0. The van der Waals surface area contributed by atoms with Crippen molar-refractivity contribution in [3.05, 3.63) is 42.0 Å². The molecule has 0 spiro atoms. The second-order valence-electron chi connectivity index (χ2n) is 5.32. The number of methoxy groups -OCH3 is 1. The highest BCUT2D eigenvalue weighted by molar-refractivity contribution is 5.92. The monoisotopic (exact) mass is 349 g/mol. The van der Waals surface area contributed by atoms with Crippen LogP contribution in [0.3, 0.4) is 0 Å². The number of rotatable bonds is 8. The molecule has 1 atom stereocenters. The Morgan fingerprint density at radius 2 is 2.04 bits per heavy atom. The van der Waals surface area contributed by atoms with Crippen LogP contribution >= 0.6 is 0 Å². The summed E-state index contributed by atoms with van der Waals surface area (Å²) in [6.07, 6.45) is 0.608. The lowest BCUT2D eigenvalue weighted by atomic mass is 10.1. The number of aliphatic hydroxyl groups is 1. The van der Waals surface area contributed by atoms with Crippen molar-refractivity contribution in [2.75, 3.05) is 26.9 Å². The van der Waals surface area contributed by atoms with Gasteiger partial charge in [0, 0.05) is 19.2 Å². The van der Waals surface area contributed by atoms with Crippen LogP contribution in [0.4, 0.5) is 4.39 Å². The molecule has 1 aromatic heterocycles. The van der Waals surface area contributed by atoms with Gasteiger partial charge in [-0.2, -0.15) is 0 Å². The van der Waals surface area contributed by atoms with Crippen LogP contribution in [0.15, 0.2) is 30.5 Å². The van der Waals surface area contributed by atoms with Gasteiger partial charge in [-0.1, -0.05) is 0 Å². The molecule has 0 fully saturated rings. The van der Waals surface area contributed by atoms with E-state index in [-0.39, 0.29) is 30.5 Å². The zero-order valence-corrected chi connectivity index (χ0v) is 14.0. The standard InChI is InChI=1S/C17H20FN3O4/c1-11(22)9-19-16(23)14-10-20-17(25-8-7-24-2)15(21-14)12-3-5-13(18)6-4-12/h3-6,10-11,22H,7-9H2,1-2H3,(H,19,23). The van der Waals surface area contributed by atoms with Crippen LogP contribution < -0.4 is 10.1 Å². The van der Waals surface area contributed by atoms with E-state index in [4.69, 9.17) is 9.47 Å². The normalized spacial score (nSPS) is 11.8. The van der Waals surface area contributed by atoms with Crippen molar-refractivity contribution in [1.29, 1.82) is 0 Å². The molecule has 134 valence electrons. The number of hydrogen-bond acceptors (Lipinski definition) is 6. The number of amides is 1. The number of ether oxygens (including phenoxy) is 2. The largest absolute Gasteiger partial charge is 0.474 e. The van der Waals surface area contributed by atoms with Crippen molar-refractivity contribution < 1.29 is 23.8 Å². The molecule has 1 amide bonds. The van der Waals surface area contributed by atoms with Crippen LogP contribution in [0, 0.1) is 5.82 Å². The SMILES string of the molecule is COCCOc1ncc(C(=O)NCC(C)O)nc1-c1ccc(F)cc1. The molecule has 0 aliphatic heterocycles. The molecule has 0 radical (unpaired) electrons. The second kappa shape index (κ2) is 9.05. The zero-order chi connectivity index (χ0) is 18.2.